The maximum absolute atomic E-state index is 13.1. The first-order valence-corrected chi connectivity index (χ1v) is 9.63. The smallest absolute Gasteiger partial charge is 0.230 e. The molecule has 1 saturated heterocycles. The number of aliphatic hydroxyl groups excluding tert-OH is 1. The zero-order valence-electron chi connectivity index (χ0n) is 13.7. The normalized spacial score (nSPS) is 21.2. The molecule has 0 bridgehead atoms. The van der Waals surface area contributed by atoms with Crippen LogP contribution < -0.4 is 5.32 Å². The van der Waals surface area contributed by atoms with Crippen molar-refractivity contribution >= 4 is 17.7 Å². The van der Waals surface area contributed by atoms with Gasteiger partial charge in [-0.1, -0.05) is 12.1 Å². The molecule has 1 heterocycles. The second-order valence-electron chi connectivity index (χ2n) is 6.64. The summed E-state index contributed by atoms with van der Waals surface area (Å²) in [5.74, 6) is 1.72. The van der Waals surface area contributed by atoms with E-state index in [-0.39, 0.29) is 23.9 Å². The predicted octanol–water partition coefficient (Wildman–Crippen LogP) is 2.25. The third-order valence-corrected chi connectivity index (χ3v) is 6.04. The number of aliphatic hydroxyl groups is 1. The SMILES string of the molecule is O=C(NCC1(OCCO)CCSCC1)C1(c2ccc(F)cc2)CC1. The van der Waals surface area contributed by atoms with Gasteiger partial charge in [0.2, 0.25) is 5.91 Å². The van der Waals surface area contributed by atoms with Gasteiger partial charge in [-0.15, -0.1) is 0 Å². The molecule has 0 atom stereocenters. The summed E-state index contributed by atoms with van der Waals surface area (Å²) in [4.78, 5) is 12.8. The van der Waals surface area contributed by atoms with Crippen LogP contribution in [0.4, 0.5) is 4.39 Å². The Morgan fingerprint density at radius 2 is 1.88 bits per heavy atom. The monoisotopic (exact) mass is 353 g/mol. The van der Waals surface area contributed by atoms with Crippen molar-refractivity contribution in [2.75, 3.05) is 31.3 Å². The van der Waals surface area contributed by atoms with Gasteiger partial charge in [0.15, 0.2) is 0 Å². The van der Waals surface area contributed by atoms with Crippen LogP contribution >= 0.6 is 11.8 Å². The van der Waals surface area contributed by atoms with Gasteiger partial charge in [-0.25, -0.2) is 4.39 Å². The topological polar surface area (TPSA) is 58.6 Å². The van der Waals surface area contributed by atoms with Crippen molar-refractivity contribution in [3.05, 3.63) is 35.6 Å². The van der Waals surface area contributed by atoms with E-state index in [0.717, 1.165) is 42.8 Å². The predicted molar refractivity (Wildman–Crippen MR) is 92.6 cm³/mol. The minimum atomic E-state index is -0.505. The standard InChI is InChI=1S/C18H24FNO3S/c19-15-3-1-14(2-4-15)18(5-6-18)16(22)20-13-17(23-10-9-21)7-11-24-12-8-17/h1-4,21H,5-13H2,(H,20,22). The van der Waals surface area contributed by atoms with E-state index in [1.165, 1.54) is 12.1 Å². The average molecular weight is 353 g/mol. The summed E-state index contributed by atoms with van der Waals surface area (Å²) in [5.41, 5.74) is 0.00331. The van der Waals surface area contributed by atoms with Gasteiger partial charge in [-0.3, -0.25) is 4.79 Å². The Balaban J connectivity index is 1.64. The summed E-state index contributed by atoms with van der Waals surface area (Å²) >= 11 is 1.89. The molecule has 6 heteroatoms. The molecule has 0 unspecified atom stereocenters. The highest BCUT2D eigenvalue weighted by molar-refractivity contribution is 7.99. The fourth-order valence-corrected chi connectivity index (χ4v) is 4.57. The van der Waals surface area contributed by atoms with Crippen LogP contribution in [0.5, 0.6) is 0 Å². The molecule has 24 heavy (non-hydrogen) atoms. The number of hydrogen-bond donors (Lipinski definition) is 2. The number of carbonyl (C=O) groups is 1. The number of carbonyl (C=O) groups excluding carboxylic acids is 1. The van der Waals surface area contributed by atoms with Crippen LogP contribution in [0.15, 0.2) is 24.3 Å². The number of amides is 1. The first kappa shape index (κ1) is 17.7. The van der Waals surface area contributed by atoms with Gasteiger partial charge < -0.3 is 15.2 Å². The number of rotatable bonds is 7. The molecule has 2 N–H and O–H groups in total. The zero-order chi connectivity index (χ0) is 17.0. The van der Waals surface area contributed by atoms with Crippen molar-refractivity contribution in [2.24, 2.45) is 0 Å². The highest BCUT2D eigenvalue weighted by Crippen LogP contribution is 2.48. The van der Waals surface area contributed by atoms with Crippen LogP contribution in [0.3, 0.4) is 0 Å². The molecule has 1 aromatic carbocycles. The maximum Gasteiger partial charge on any atom is 0.230 e. The molecule has 0 radical (unpaired) electrons. The van der Waals surface area contributed by atoms with E-state index in [1.54, 1.807) is 12.1 Å². The number of hydrogen-bond acceptors (Lipinski definition) is 4. The second kappa shape index (κ2) is 7.42. The second-order valence-corrected chi connectivity index (χ2v) is 7.86. The Kier molecular flexibility index (Phi) is 5.47. The van der Waals surface area contributed by atoms with Crippen molar-refractivity contribution in [2.45, 2.75) is 36.7 Å². The van der Waals surface area contributed by atoms with Gasteiger partial charge in [0.25, 0.3) is 0 Å². The lowest BCUT2D eigenvalue weighted by molar-refractivity contribution is -0.126. The fraction of sp³-hybridized carbons (Fsp3) is 0.611. The summed E-state index contributed by atoms with van der Waals surface area (Å²) in [6.07, 6.45) is 3.35. The van der Waals surface area contributed by atoms with Gasteiger partial charge in [-0.2, -0.15) is 11.8 Å². The first-order chi connectivity index (χ1) is 11.6. The molecule has 132 valence electrons. The van der Waals surface area contributed by atoms with Crippen molar-refractivity contribution in [3.8, 4) is 0 Å². The lowest BCUT2D eigenvalue weighted by atomic mass is 9.93. The molecule has 1 saturated carbocycles. The Bertz CT molecular complexity index is 568. The van der Waals surface area contributed by atoms with E-state index in [1.807, 2.05) is 11.8 Å². The summed E-state index contributed by atoms with van der Waals surface area (Å²) in [6, 6.07) is 6.23. The number of nitrogens with one attached hydrogen (secondary N) is 1. The van der Waals surface area contributed by atoms with Crippen molar-refractivity contribution in [3.63, 3.8) is 0 Å². The van der Waals surface area contributed by atoms with Crippen molar-refractivity contribution in [1.29, 1.82) is 0 Å². The molecular formula is C18H24FNO3S. The quantitative estimate of drug-likeness (QED) is 0.789. The molecule has 0 spiro atoms. The Labute approximate surface area is 146 Å². The minimum Gasteiger partial charge on any atom is -0.394 e. The van der Waals surface area contributed by atoms with Crippen LogP contribution in [0, 0.1) is 5.82 Å². The van der Waals surface area contributed by atoms with Crippen molar-refractivity contribution < 1.29 is 19.0 Å². The van der Waals surface area contributed by atoms with E-state index in [9.17, 15) is 9.18 Å². The molecule has 1 amide bonds. The molecule has 0 aromatic heterocycles. The van der Waals surface area contributed by atoms with Gasteiger partial charge in [0.1, 0.15) is 5.82 Å². The lowest BCUT2D eigenvalue weighted by Crippen LogP contribution is -2.50. The van der Waals surface area contributed by atoms with E-state index < -0.39 is 5.41 Å². The minimum absolute atomic E-state index is 0.000641. The van der Waals surface area contributed by atoms with Crippen LogP contribution in [0.2, 0.25) is 0 Å². The summed E-state index contributed by atoms with van der Waals surface area (Å²) < 4.78 is 19.0. The van der Waals surface area contributed by atoms with Gasteiger partial charge >= 0.3 is 0 Å². The number of thioether (sulfide) groups is 1. The summed E-state index contributed by atoms with van der Waals surface area (Å²) in [7, 11) is 0. The van der Waals surface area contributed by atoms with Crippen LogP contribution in [0.25, 0.3) is 0 Å². The van der Waals surface area contributed by atoms with E-state index in [4.69, 9.17) is 9.84 Å². The Hall–Kier alpha value is -1.11. The largest absolute Gasteiger partial charge is 0.394 e. The number of ether oxygens (including phenoxy) is 1. The number of halogens is 1. The average Bonchev–Trinajstić information content (AvgIpc) is 3.41. The maximum atomic E-state index is 13.1. The summed E-state index contributed by atoms with van der Waals surface area (Å²) in [5, 5.41) is 12.1. The Morgan fingerprint density at radius 3 is 2.46 bits per heavy atom. The van der Waals surface area contributed by atoms with Crippen LogP contribution in [0.1, 0.15) is 31.2 Å². The van der Waals surface area contributed by atoms with Gasteiger partial charge in [-0.05, 0) is 54.9 Å². The molecule has 2 fully saturated rings. The van der Waals surface area contributed by atoms with Gasteiger partial charge in [0, 0.05) is 6.54 Å². The van der Waals surface area contributed by atoms with Gasteiger partial charge in [0.05, 0.1) is 24.2 Å². The fourth-order valence-electron chi connectivity index (χ4n) is 3.33. The molecule has 1 aromatic rings. The summed E-state index contributed by atoms with van der Waals surface area (Å²) in [6.45, 7) is 0.751. The van der Waals surface area contributed by atoms with E-state index in [0.29, 0.717) is 13.2 Å². The lowest BCUT2D eigenvalue weighted by Gasteiger charge is -2.37. The molecule has 4 nitrogen and oxygen atoms in total. The molecule has 1 aliphatic carbocycles. The molecule has 1 aliphatic heterocycles. The first-order valence-electron chi connectivity index (χ1n) is 8.47. The van der Waals surface area contributed by atoms with E-state index in [2.05, 4.69) is 5.32 Å². The highest BCUT2D eigenvalue weighted by atomic mass is 32.2. The van der Waals surface area contributed by atoms with Crippen LogP contribution in [-0.4, -0.2) is 47.9 Å². The molecule has 3 rings (SSSR count). The third kappa shape index (κ3) is 3.76. The highest BCUT2D eigenvalue weighted by Gasteiger charge is 2.51. The van der Waals surface area contributed by atoms with Crippen LogP contribution in [-0.2, 0) is 14.9 Å². The van der Waals surface area contributed by atoms with E-state index >= 15 is 0 Å². The van der Waals surface area contributed by atoms with Crippen molar-refractivity contribution in [1.82, 2.24) is 5.32 Å². The molecule has 2 aliphatic rings. The number of benzene rings is 1. The molecular weight excluding hydrogens is 329 g/mol. The Morgan fingerprint density at radius 1 is 1.21 bits per heavy atom. The zero-order valence-corrected chi connectivity index (χ0v) is 14.5. The third-order valence-electron chi connectivity index (χ3n) is 5.06.